The lowest BCUT2D eigenvalue weighted by atomic mass is 9.87. The van der Waals surface area contributed by atoms with Crippen molar-refractivity contribution < 1.29 is 24.2 Å². The van der Waals surface area contributed by atoms with E-state index >= 15 is 0 Å². The number of hydrogen-bond acceptors (Lipinski definition) is 4. The van der Waals surface area contributed by atoms with E-state index in [4.69, 9.17) is 14.6 Å². The fraction of sp³-hybridized carbons (Fsp3) is 0.385. The van der Waals surface area contributed by atoms with E-state index in [0.29, 0.717) is 17.2 Å². The molecule has 2 rings (SSSR count). The summed E-state index contributed by atoms with van der Waals surface area (Å²) in [5.41, 5.74) is 1.27. The van der Waals surface area contributed by atoms with E-state index in [-0.39, 0.29) is 24.7 Å². The van der Waals surface area contributed by atoms with Gasteiger partial charge in [0.25, 0.3) is 0 Å². The van der Waals surface area contributed by atoms with Crippen molar-refractivity contribution in [1.82, 2.24) is 0 Å². The first-order valence-corrected chi connectivity index (χ1v) is 5.82. The topological polar surface area (TPSA) is 84.9 Å². The van der Waals surface area contributed by atoms with Crippen LogP contribution in [-0.4, -0.2) is 31.2 Å². The maximum absolute atomic E-state index is 11.6. The molecule has 0 fully saturated rings. The Kier molecular flexibility index (Phi) is 3.59. The first-order chi connectivity index (χ1) is 9.05. The Hall–Kier alpha value is -2.24. The fourth-order valence-electron chi connectivity index (χ4n) is 2.26. The van der Waals surface area contributed by atoms with E-state index in [9.17, 15) is 9.59 Å². The Morgan fingerprint density at radius 3 is 2.74 bits per heavy atom. The van der Waals surface area contributed by atoms with Crippen molar-refractivity contribution in [2.75, 3.05) is 19.5 Å². The highest BCUT2D eigenvalue weighted by molar-refractivity contribution is 5.97. The fourth-order valence-corrected chi connectivity index (χ4v) is 2.26. The van der Waals surface area contributed by atoms with Gasteiger partial charge in [-0.3, -0.25) is 9.59 Å². The molecule has 1 atom stereocenters. The van der Waals surface area contributed by atoms with Crippen molar-refractivity contribution in [3.05, 3.63) is 17.7 Å². The zero-order valence-electron chi connectivity index (χ0n) is 10.7. The van der Waals surface area contributed by atoms with Gasteiger partial charge in [0.2, 0.25) is 5.91 Å². The number of amides is 1. The predicted octanol–water partition coefficient (Wildman–Crippen LogP) is 1.60. The number of benzene rings is 1. The minimum Gasteiger partial charge on any atom is -0.497 e. The quantitative estimate of drug-likeness (QED) is 0.863. The summed E-state index contributed by atoms with van der Waals surface area (Å²) in [6.45, 7) is 0. The second-order valence-corrected chi connectivity index (χ2v) is 4.34. The monoisotopic (exact) mass is 265 g/mol. The van der Waals surface area contributed by atoms with Gasteiger partial charge in [0.15, 0.2) is 0 Å². The van der Waals surface area contributed by atoms with Gasteiger partial charge < -0.3 is 19.9 Å². The number of carbonyl (C=O) groups excluding carboxylic acids is 1. The highest BCUT2D eigenvalue weighted by Gasteiger charge is 2.30. The molecule has 102 valence electrons. The molecular weight excluding hydrogens is 250 g/mol. The summed E-state index contributed by atoms with van der Waals surface area (Å²) >= 11 is 0. The molecule has 0 radical (unpaired) electrons. The van der Waals surface area contributed by atoms with Crippen LogP contribution in [0.1, 0.15) is 24.3 Å². The number of aliphatic carboxylic acids is 1. The Labute approximate surface area is 110 Å². The maximum Gasteiger partial charge on any atom is 0.303 e. The molecule has 0 spiro atoms. The zero-order chi connectivity index (χ0) is 14.0. The highest BCUT2D eigenvalue weighted by atomic mass is 16.5. The number of carboxylic acid groups (broad SMARTS) is 1. The first kappa shape index (κ1) is 13.2. The number of carbonyl (C=O) groups is 2. The van der Waals surface area contributed by atoms with Gasteiger partial charge in [-0.05, 0) is 11.6 Å². The second kappa shape index (κ2) is 5.17. The van der Waals surface area contributed by atoms with Gasteiger partial charge in [0.1, 0.15) is 11.5 Å². The summed E-state index contributed by atoms with van der Waals surface area (Å²) in [5.74, 6) is -0.472. The molecule has 1 unspecified atom stereocenters. The molecule has 0 bridgehead atoms. The van der Waals surface area contributed by atoms with E-state index in [1.807, 2.05) is 0 Å². The van der Waals surface area contributed by atoms with E-state index in [1.54, 1.807) is 12.1 Å². The number of hydrogen-bond donors (Lipinski definition) is 2. The smallest absolute Gasteiger partial charge is 0.303 e. The molecule has 19 heavy (non-hydrogen) atoms. The minimum atomic E-state index is -0.938. The molecule has 1 heterocycles. The van der Waals surface area contributed by atoms with Crippen LogP contribution in [0.3, 0.4) is 0 Å². The van der Waals surface area contributed by atoms with Crippen molar-refractivity contribution in [1.29, 1.82) is 0 Å². The predicted molar refractivity (Wildman–Crippen MR) is 67.8 cm³/mol. The minimum absolute atomic E-state index is 0.100. The summed E-state index contributed by atoms with van der Waals surface area (Å²) < 4.78 is 10.4. The molecule has 0 saturated heterocycles. The molecule has 1 aliphatic heterocycles. The molecule has 1 aromatic carbocycles. The van der Waals surface area contributed by atoms with Crippen LogP contribution in [0.4, 0.5) is 5.69 Å². The number of ether oxygens (including phenoxy) is 2. The third kappa shape index (κ3) is 2.62. The van der Waals surface area contributed by atoms with Crippen molar-refractivity contribution in [2.24, 2.45) is 0 Å². The molecule has 6 nitrogen and oxygen atoms in total. The van der Waals surface area contributed by atoms with Crippen LogP contribution >= 0.6 is 0 Å². The molecule has 2 N–H and O–H groups in total. The number of methoxy groups -OCH3 is 2. The summed E-state index contributed by atoms with van der Waals surface area (Å²) in [5, 5.41) is 11.7. The van der Waals surface area contributed by atoms with Crippen LogP contribution in [-0.2, 0) is 9.59 Å². The maximum atomic E-state index is 11.6. The van der Waals surface area contributed by atoms with Crippen LogP contribution in [0.15, 0.2) is 12.1 Å². The largest absolute Gasteiger partial charge is 0.497 e. The molecule has 0 aliphatic carbocycles. The van der Waals surface area contributed by atoms with Crippen molar-refractivity contribution in [3.8, 4) is 11.5 Å². The highest BCUT2D eigenvalue weighted by Crippen LogP contribution is 2.42. The number of carboxylic acids is 1. The Morgan fingerprint density at radius 2 is 2.16 bits per heavy atom. The lowest BCUT2D eigenvalue weighted by Crippen LogP contribution is -2.25. The van der Waals surface area contributed by atoms with Gasteiger partial charge in [-0.15, -0.1) is 0 Å². The van der Waals surface area contributed by atoms with Gasteiger partial charge >= 0.3 is 5.97 Å². The van der Waals surface area contributed by atoms with Gasteiger partial charge in [-0.25, -0.2) is 0 Å². The average molecular weight is 265 g/mol. The van der Waals surface area contributed by atoms with E-state index in [2.05, 4.69) is 5.32 Å². The molecule has 0 saturated carbocycles. The van der Waals surface area contributed by atoms with Crippen molar-refractivity contribution in [2.45, 2.75) is 18.8 Å². The lowest BCUT2D eigenvalue weighted by molar-refractivity contribution is -0.137. The van der Waals surface area contributed by atoms with Gasteiger partial charge in [-0.2, -0.15) is 0 Å². The average Bonchev–Trinajstić information content (AvgIpc) is 2.37. The molecule has 0 aromatic heterocycles. The SMILES string of the molecule is COc1cc(OC)c2c(c1)C(CC(=O)O)CC(=O)N2. The molecule has 1 aliphatic rings. The van der Waals surface area contributed by atoms with Gasteiger partial charge in [0, 0.05) is 18.4 Å². The van der Waals surface area contributed by atoms with Crippen LogP contribution in [0.2, 0.25) is 0 Å². The van der Waals surface area contributed by atoms with Crippen molar-refractivity contribution >= 4 is 17.6 Å². The first-order valence-electron chi connectivity index (χ1n) is 5.82. The number of nitrogens with one attached hydrogen (secondary N) is 1. The summed E-state index contributed by atoms with van der Waals surface area (Å²) in [6.07, 6.45) is 0.0480. The van der Waals surface area contributed by atoms with E-state index < -0.39 is 5.97 Å². The van der Waals surface area contributed by atoms with Crippen LogP contribution in [0.5, 0.6) is 11.5 Å². The van der Waals surface area contributed by atoms with E-state index in [0.717, 1.165) is 5.56 Å². The van der Waals surface area contributed by atoms with E-state index in [1.165, 1.54) is 14.2 Å². The molecular formula is C13H15NO5. The Morgan fingerprint density at radius 1 is 1.42 bits per heavy atom. The normalized spacial score (nSPS) is 17.4. The third-order valence-corrected chi connectivity index (χ3v) is 3.12. The van der Waals surface area contributed by atoms with Gasteiger partial charge in [0.05, 0.1) is 26.3 Å². The van der Waals surface area contributed by atoms with Crippen LogP contribution in [0, 0.1) is 0 Å². The number of anilines is 1. The molecule has 1 aromatic rings. The van der Waals surface area contributed by atoms with Gasteiger partial charge in [-0.1, -0.05) is 0 Å². The van der Waals surface area contributed by atoms with Crippen LogP contribution in [0.25, 0.3) is 0 Å². The second-order valence-electron chi connectivity index (χ2n) is 4.34. The molecule has 6 heteroatoms. The standard InChI is InChI=1S/C13H15NO5/c1-18-8-5-9-7(4-12(16)17)3-11(15)14-13(9)10(6-8)19-2/h5-7H,3-4H2,1-2H3,(H,14,15)(H,16,17). The zero-order valence-corrected chi connectivity index (χ0v) is 10.7. The Balaban J connectivity index is 2.51. The summed E-state index contributed by atoms with van der Waals surface area (Å²) in [7, 11) is 3.01. The van der Waals surface area contributed by atoms with Crippen molar-refractivity contribution in [3.63, 3.8) is 0 Å². The lowest BCUT2D eigenvalue weighted by Gasteiger charge is -2.26. The summed E-state index contributed by atoms with van der Waals surface area (Å²) in [4.78, 5) is 22.5. The molecule has 1 amide bonds. The summed E-state index contributed by atoms with van der Waals surface area (Å²) in [6, 6.07) is 3.40. The van der Waals surface area contributed by atoms with Crippen LogP contribution < -0.4 is 14.8 Å². The number of fused-ring (bicyclic) bond motifs is 1. The Bertz CT molecular complexity index is 526. The number of rotatable bonds is 4. The third-order valence-electron chi connectivity index (χ3n) is 3.12.